The number of nitrogens with one attached hydrogen (secondary N) is 2. The molecular weight excluding hydrogens is 477 g/mol. The molecule has 1 heterocycles. The average molecular weight is 502 g/mol. The van der Waals surface area contributed by atoms with Gasteiger partial charge in [-0.2, -0.15) is 10.2 Å². The molecule has 188 valence electrons. The first kappa shape index (κ1) is 25.1. The second-order valence-electron chi connectivity index (χ2n) is 7.77. The second-order valence-corrected chi connectivity index (χ2v) is 7.77. The summed E-state index contributed by atoms with van der Waals surface area (Å²) >= 11 is 0. The third-order valence-electron chi connectivity index (χ3n) is 5.33. The monoisotopic (exact) mass is 501 g/mol. The zero-order chi connectivity index (χ0) is 26.2. The number of amides is 2. The molecule has 0 bridgehead atoms. The fourth-order valence-corrected chi connectivity index (χ4v) is 3.48. The van der Waals surface area contributed by atoms with Crippen LogP contribution >= 0.6 is 0 Å². The van der Waals surface area contributed by atoms with Crippen LogP contribution in [-0.2, 0) is 4.79 Å². The summed E-state index contributed by atoms with van der Waals surface area (Å²) in [6, 6.07) is 20.1. The van der Waals surface area contributed by atoms with Gasteiger partial charge in [-0.3, -0.25) is 9.59 Å². The minimum absolute atomic E-state index is 0.293. The Kier molecular flexibility index (Phi) is 7.89. The van der Waals surface area contributed by atoms with E-state index in [9.17, 15) is 14.0 Å². The van der Waals surface area contributed by atoms with Crippen LogP contribution in [0.5, 0.6) is 11.5 Å². The minimum atomic E-state index is -0.524. The van der Waals surface area contributed by atoms with Gasteiger partial charge in [-0.05, 0) is 54.6 Å². The first-order valence-electron chi connectivity index (χ1n) is 11.2. The lowest BCUT2D eigenvalue weighted by atomic mass is 10.1. The highest BCUT2D eigenvalue weighted by Crippen LogP contribution is 2.27. The number of carbonyl (C=O) groups excluding carboxylic acids is 2. The number of methoxy groups -OCH3 is 2. The highest BCUT2D eigenvalue weighted by molar-refractivity contribution is 5.97. The molecule has 0 aliphatic carbocycles. The third kappa shape index (κ3) is 6.17. The molecule has 0 unspecified atom stereocenters. The molecule has 0 radical (unpaired) electrons. The summed E-state index contributed by atoms with van der Waals surface area (Å²) < 4.78 is 25.5. The van der Waals surface area contributed by atoms with E-state index >= 15 is 0 Å². The molecule has 9 nitrogen and oxygen atoms in total. The Morgan fingerprint density at radius 1 is 1.00 bits per heavy atom. The Hall–Kier alpha value is -4.99. The van der Waals surface area contributed by atoms with Gasteiger partial charge in [0, 0.05) is 22.9 Å². The van der Waals surface area contributed by atoms with Crippen molar-refractivity contribution in [2.75, 3.05) is 20.8 Å². The number of halogens is 1. The smallest absolute Gasteiger partial charge is 0.259 e. The first-order valence-corrected chi connectivity index (χ1v) is 11.2. The lowest BCUT2D eigenvalue weighted by Crippen LogP contribution is -2.34. The van der Waals surface area contributed by atoms with E-state index in [4.69, 9.17) is 9.47 Å². The van der Waals surface area contributed by atoms with Gasteiger partial charge < -0.3 is 14.8 Å². The Balaban J connectivity index is 1.43. The van der Waals surface area contributed by atoms with Crippen LogP contribution in [0.1, 0.15) is 15.9 Å². The van der Waals surface area contributed by atoms with E-state index < -0.39 is 11.8 Å². The zero-order valence-corrected chi connectivity index (χ0v) is 20.1. The van der Waals surface area contributed by atoms with Gasteiger partial charge in [-0.25, -0.2) is 14.5 Å². The molecule has 3 aromatic carbocycles. The second kappa shape index (κ2) is 11.6. The summed E-state index contributed by atoms with van der Waals surface area (Å²) in [6.07, 6.45) is 3.20. The van der Waals surface area contributed by atoms with Gasteiger partial charge in [0.05, 0.1) is 32.7 Å². The molecule has 0 aliphatic rings. The van der Waals surface area contributed by atoms with Crippen molar-refractivity contribution in [2.45, 2.75) is 0 Å². The van der Waals surface area contributed by atoms with E-state index in [2.05, 4.69) is 20.9 Å². The number of ether oxygens (including phenoxy) is 2. The number of hydrazone groups is 1. The maximum absolute atomic E-state index is 13.4. The molecule has 0 saturated heterocycles. The zero-order valence-electron chi connectivity index (χ0n) is 20.1. The number of carbonyl (C=O) groups is 2. The van der Waals surface area contributed by atoms with Crippen molar-refractivity contribution in [3.05, 3.63) is 95.9 Å². The van der Waals surface area contributed by atoms with Crippen molar-refractivity contribution in [1.82, 2.24) is 20.5 Å². The van der Waals surface area contributed by atoms with Crippen molar-refractivity contribution in [1.29, 1.82) is 0 Å². The maximum atomic E-state index is 13.4. The van der Waals surface area contributed by atoms with Crippen LogP contribution in [0.15, 0.2) is 84.1 Å². The summed E-state index contributed by atoms with van der Waals surface area (Å²) in [5, 5.41) is 11.2. The molecule has 1 aromatic heterocycles. The van der Waals surface area contributed by atoms with Crippen LogP contribution in [0, 0.1) is 5.82 Å². The summed E-state index contributed by atoms with van der Waals surface area (Å²) in [5.41, 5.74) is 5.37. The molecule has 0 atom stereocenters. The number of benzene rings is 3. The quantitative estimate of drug-likeness (QED) is 0.269. The van der Waals surface area contributed by atoms with Gasteiger partial charge in [0.25, 0.3) is 11.8 Å². The number of aromatic nitrogens is 2. The predicted molar refractivity (Wildman–Crippen MR) is 137 cm³/mol. The van der Waals surface area contributed by atoms with Crippen LogP contribution in [0.3, 0.4) is 0 Å². The Bertz CT molecular complexity index is 1420. The highest BCUT2D eigenvalue weighted by Gasteiger charge is 2.13. The number of para-hydroxylation sites is 1. The van der Waals surface area contributed by atoms with E-state index in [0.29, 0.717) is 33.9 Å². The molecular formula is C27H24FN5O4. The topological polar surface area (TPSA) is 107 Å². The SMILES string of the molecule is COc1ccc(C(=O)NCC(=O)N/N=C\c2cn(-c3ccccc3)nc2-c2ccc(F)cc2)cc1OC. The van der Waals surface area contributed by atoms with E-state index in [1.807, 2.05) is 30.3 Å². The fourth-order valence-electron chi connectivity index (χ4n) is 3.48. The van der Waals surface area contributed by atoms with Gasteiger partial charge >= 0.3 is 0 Å². The molecule has 0 fully saturated rings. The summed E-state index contributed by atoms with van der Waals surface area (Å²) in [5.74, 6) is -0.450. The summed E-state index contributed by atoms with van der Waals surface area (Å²) in [6.45, 7) is -0.293. The number of rotatable bonds is 9. The molecule has 0 spiro atoms. The number of hydrogen-bond donors (Lipinski definition) is 2. The molecule has 2 N–H and O–H groups in total. The van der Waals surface area contributed by atoms with Gasteiger partial charge in [-0.1, -0.05) is 18.2 Å². The lowest BCUT2D eigenvalue weighted by molar-refractivity contribution is -0.120. The standard InChI is InChI=1S/C27H24FN5O4/c1-36-23-13-10-19(14-24(23)37-2)27(35)29-16-25(34)31-30-15-20-17-33(22-6-4-3-5-7-22)32-26(20)18-8-11-21(28)12-9-18/h3-15,17H,16H2,1-2H3,(H,29,35)(H,31,34)/b30-15-. The van der Waals surface area contributed by atoms with Gasteiger partial charge in [0.1, 0.15) is 11.5 Å². The van der Waals surface area contributed by atoms with Crippen molar-refractivity contribution in [2.24, 2.45) is 5.10 Å². The number of hydrogen-bond acceptors (Lipinski definition) is 6. The molecule has 10 heteroatoms. The van der Waals surface area contributed by atoms with Crippen molar-refractivity contribution < 1.29 is 23.5 Å². The van der Waals surface area contributed by atoms with E-state index in [1.165, 1.54) is 38.6 Å². The molecule has 4 rings (SSSR count). The summed E-state index contributed by atoms with van der Waals surface area (Å²) in [4.78, 5) is 24.7. The average Bonchev–Trinajstić information content (AvgIpc) is 3.36. The molecule has 0 aliphatic heterocycles. The summed E-state index contributed by atoms with van der Waals surface area (Å²) in [7, 11) is 2.97. The van der Waals surface area contributed by atoms with Crippen LogP contribution in [-0.4, -0.2) is 48.6 Å². The van der Waals surface area contributed by atoms with Crippen molar-refractivity contribution in [3.8, 4) is 28.4 Å². The normalized spacial score (nSPS) is 10.8. The van der Waals surface area contributed by atoms with Crippen molar-refractivity contribution >= 4 is 18.0 Å². The largest absolute Gasteiger partial charge is 0.493 e. The van der Waals surface area contributed by atoms with Gasteiger partial charge in [0.15, 0.2) is 11.5 Å². The molecule has 37 heavy (non-hydrogen) atoms. The minimum Gasteiger partial charge on any atom is -0.493 e. The van der Waals surface area contributed by atoms with Gasteiger partial charge in [0.2, 0.25) is 0 Å². The molecule has 2 amide bonds. The van der Waals surface area contributed by atoms with E-state index in [0.717, 1.165) is 5.69 Å². The maximum Gasteiger partial charge on any atom is 0.259 e. The van der Waals surface area contributed by atoms with Crippen LogP contribution in [0.25, 0.3) is 16.9 Å². The lowest BCUT2D eigenvalue weighted by Gasteiger charge is -2.09. The molecule has 0 saturated carbocycles. The fraction of sp³-hybridized carbons (Fsp3) is 0.111. The van der Waals surface area contributed by atoms with E-state index in [-0.39, 0.29) is 12.4 Å². The Labute approximate surface area is 212 Å². The van der Waals surface area contributed by atoms with Gasteiger partial charge in [-0.15, -0.1) is 0 Å². The van der Waals surface area contributed by atoms with Crippen LogP contribution in [0.4, 0.5) is 4.39 Å². The Morgan fingerprint density at radius 2 is 1.73 bits per heavy atom. The van der Waals surface area contributed by atoms with E-state index in [1.54, 1.807) is 35.1 Å². The molecule has 4 aromatic rings. The van der Waals surface area contributed by atoms with Crippen LogP contribution < -0.4 is 20.2 Å². The Morgan fingerprint density at radius 3 is 2.43 bits per heavy atom. The first-order chi connectivity index (χ1) is 18.0. The third-order valence-corrected chi connectivity index (χ3v) is 5.33. The van der Waals surface area contributed by atoms with Crippen molar-refractivity contribution in [3.63, 3.8) is 0 Å². The number of nitrogens with zero attached hydrogens (tertiary/aromatic N) is 3. The van der Waals surface area contributed by atoms with Crippen LogP contribution in [0.2, 0.25) is 0 Å². The predicted octanol–water partition coefficient (Wildman–Crippen LogP) is 3.58. The highest BCUT2D eigenvalue weighted by atomic mass is 19.1.